The molecule has 0 saturated heterocycles. The minimum absolute atomic E-state index is 0.435. The molecule has 2 aromatic carbocycles. The summed E-state index contributed by atoms with van der Waals surface area (Å²) in [5.74, 6) is 0. The molecule has 1 atom stereocenters. The maximum absolute atomic E-state index is 11.0. The number of halogens is 1. The van der Waals surface area contributed by atoms with Crippen molar-refractivity contribution in [1.82, 2.24) is 0 Å². The summed E-state index contributed by atoms with van der Waals surface area (Å²) in [5, 5.41) is 2.45. The highest BCUT2D eigenvalue weighted by Crippen LogP contribution is 2.27. The summed E-state index contributed by atoms with van der Waals surface area (Å²) in [6.07, 6.45) is 0. The SMILES string of the molecule is Cc1cc2c(Cl)cccc2cc1S(=O)O. The van der Waals surface area contributed by atoms with Gasteiger partial charge in [-0.1, -0.05) is 23.7 Å². The van der Waals surface area contributed by atoms with E-state index in [2.05, 4.69) is 0 Å². The lowest BCUT2D eigenvalue weighted by Crippen LogP contribution is -1.92. The Morgan fingerprint density at radius 1 is 1.33 bits per heavy atom. The average molecular weight is 241 g/mol. The lowest BCUT2D eigenvalue weighted by atomic mass is 10.1. The Hall–Kier alpha value is -0.900. The first-order valence-electron chi connectivity index (χ1n) is 4.39. The van der Waals surface area contributed by atoms with Crippen molar-refractivity contribution in [3.05, 3.63) is 40.9 Å². The fourth-order valence-corrected chi connectivity index (χ4v) is 2.36. The molecular weight excluding hydrogens is 232 g/mol. The summed E-state index contributed by atoms with van der Waals surface area (Å²) in [6, 6.07) is 9.04. The predicted octanol–water partition coefficient (Wildman–Crippen LogP) is 3.38. The maximum Gasteiger partial charge on any atom is 0.186 e. The first-order valence-corrected chi connectivity index (χ1v) is 5.88. The zero-order valence-electron chi connectivity index (χ0n) is 8.03. The van der Waals surface area contributed by atoms with Gasteiger partial charge in [-0.2, -0.15) is 0 Å². The quantitative estimate of drug-likeness (QED) is 0.776. The minimum atomic E-state index is -1.95. The van der Waals surface area contributed by atoms with Gasteiger partial charge in [0.25, 0.3) is 0 Å². The highest BCUT2D eigenvalue weighted by atomic mass is 35.5. The van der Waals surface area contributed by atoms with Gasteiger partial charge in [0.2, 0.25) is 0 Å². The van der Waals surface area contributed by atoms with Crippen LogP contribution in [0.2, 0.25) is 5.02 Å². The predicted molar refractivity (Wildman–Crippen MR) is 62.7 cm³/mol. The van der Waals surface area contributed by atoms with E-state index >= 15 is 0 Å². The van der Waals surface area contributed by atoms with Crippen molar-refractivity contribution in [2.45, 2.75) is 11.8 Å². The third-order valence-corrected chi connectivity index (χ3v) is 3.46. The normalized spacial score (nSPS) is 13.0. The van der Waals surface area contributed by atoms with E-state index in [4.69, 9.17) is 16.2 Å². The Labute approximate surface area is 95.2 Å². The smallest absolute Gasteiger partial charge is 0.186 e. The second-order valence-electron chi connectivity index (χ2n) is 3.33. The van der Waals surface area contributed by atoms with Crippen molar-refractivity contribution in [3.8, 4) is 0 Å². The number of benzene rings is 2. The number of rotatable bonds is 1. The molecule has 0 radical (unpaired) electrons. The fraction of sp³-hybridized carbons (Fsp3) is 0.0909. The molecule has 0 saturated carbocycles. The van der Waals surface area contributed by atoms with Crippen molar-refractivity contribution < 1.29 is 8.76 Å². The maximum atomic E-state index is 11.0. The Balaban J connectivity index is 2.82. The number of aryl methyl sites for hydroxylation is 1. The molecule has 0 fully saturated rings. The first kappa shape index (κ1) is 10.6. The van der Waals surface area contributed by atoms with Crippen LogP contribution in [0.5, 0.6) is 0 Å². The highest BCUT2D eigenvalue weighted by Gasteiger charge is 2.07. The van der Waals surface area contributed by atoms with Gasteiger partial charge in [-0.05, 0) is 36.1 Å². The van der Waals surface area contributed by atoms with Crippen LogP contribution in [-0.2, 0) is 11.1 Å². The summed E-state index contributed by atoms with van der Waals surface area (Å²) in [6.45, 7) is 1.80. The molecule has 2 aromatic rings. The molecule has 0 aliphatic rings. The third-order valence-electron chi connectivity index (χ3n) is 2.31. The molecule has 15 heavy (non-hydrogen) atoms. The first-order chi connectivity index (χ1) is 7.09. The Morgan fingerprint density at radius 3 is 2.73 bits per heavy atom. The summed E-state index contributed by atoms with van der Waals surface area (Å²) < 4.78 is 20.1. The van der Waals surface area contributed by atoms with Gasteiger partial charge in [0.1, 0.15) is 0 Å². The van der Waals surface area contributed by atoms with Crippen LogP contribution in [0.25, 0.3) is 10.8 Å². The van der Waals surface area contributed by atoms with Gasteiger partial charge in [-0.3, -0.25) is 0 Å². The second-order valence-corrected chi connectivity index (χ2v) is 4.67. The van der Waals surface area contributed by atoms with Crippen LogP contribution in [-0.4, -0.2) is 8.76 Å². The van der Waals surface area contributed by atoms with E-state index in [9.17, 15) is 4.21 Å². The van der Waals surface area contributed by atoms with E-state index in [1.807, 2.05) is 18.2 Å². The Bertz CT molecular complexity index is 552. The lowest BCUT2D eigenvalue weighted by molar-refractivity contribution is 0.564. The molecule has 0 aromatic heterocycles. The molecule has 0 amide bonds. The van der Waals surface area contributed by atoms with Crippen LogP contribution >= 0.6 is 11.6 Å². The Kier molecular flexibility index (Phi) is 2.78. The number of hydrogen-bond acceptors (Lipinski definition) is 1. The fourth-order valence-electron chi connectivity index (χ4n) is 1.56. The molecular formula is C11H9ClO2S. The third kappa shape index (κ3) is 1.91. The van der Waals surface area contributed by atoms with E-state index in [0.717, 1.165) is 16.3 Å². The molecule has 1 unspecified atom stereocenters. The average Bonchev–Trinajstić information content (AvgIpc) is 2.18. The summed E-state index contributed by atoms with van der Waals surface area (Å²) in [7, 11) is 0. The number of fused-ring (bicyclic) bond motifs is 1. The van der Waals surface area contributed by atoms with Crippen LogP contribution in [0.15, 0.2) is 35.2 Å². The van der Waals surface area contributed by atoms with E-state index in [1.165, 1.54) is 0 Å². The molecule has 1 N–H and O–H groups in total. The second kappa shape index (κ2) is 3.93. The lowest BCUT2D eigenvalue weighted by Gasteiger charge is -2.05. The molecule has 78 valence electrons. The number of hydrogen-bond donors (Lipinski definition) is 1. The van der Waals surface area contributed by atoms with Crippen LogP contribution in [0.3, 0.4) is 0 Å². The zero-order chi connectivity index (χ0) is 11.0. The van der Waals surface area contributed by atoms with E-state index in [-0.39, 0.29) is 0 Å². The van der Waals surface area contributed by atoms with Crippen molar-refractivity contribution in [1.29, 1.82) is 0 Å². The van der Waals surface area contributed by atoms with Crippen molar-refractivity contribution >= 4 is 33.5 Å². The van der Waals surface area contributed by atoms with Crippen LogP contribution < -0.4 is 0 Å². The molecule has 2 nitrogen and oxygen atoms in total. The van der Waals surface area contributed by atoms with Gasteiger partial charge in [0.15, 0.2) is 11.1 Å². The van der Waals surface area contributed by atoms with Crippen LogP contribution in [0.4, 0.5) is 0 Å². The van der Waals surface area contributed by atoms with E-state index < -0.39 is 11.1 Å². The van der Waals surface area contributed by atoms with Gasteiger partial charge in [-0.25, -0.2) is 4.21 Å². The molecule has 4 heteroatoms. The van der Waals surface area contributed by atoms with Gasteiger partial charge >= 0.3 is 0 Å². The minimum Gasteiger partial charge on any atom is -0.302 e. The summed E-state index contributed by atoms with van der Waals surface area (Å²) in [5.41, 5.74) is 0.774. The van der Waals surface area contributed by atoms with Crippen LogP contribution in [0, 0.1) is 6.92 Å². The molecule has 2 rings (SSSR count). The van der Waals surface area contributed by atoms with Gasteiger partial charge in [0, 0.05) is 10.4 Å². The van der Waals surface area contributed by atoms with Gasteiger partial charge in [-0.15, -0.1) is 0 Å². The zero-order valence-corrected chi connectivity index (χ0v) is 9.60. The standard InChI is InChI=1S/C11H9ClO2S/c1-7-5-9-8(3-2-4-10(9)12)6-11(7)15(13)14/h2-6H,1H3,(H,13,14). The van der Waals surface area contributed by atoms with Gasteiger partial charge < -0.3 is 4.55 Å². The van der Waals surface area contributed by atoms with Crippen molar-refractivity contribution in [2.24, 2.45) is 0 Å². The van der Waals surface area contributed by atoms with E-state index in [0.29, 0.717) is 9.92 Å². The van der Waals surface area contributed by atoms with E-state index in [1.54, 1.807) is 19.1 Å². The summed E-state index contributed by atoms with van der Waals surface area (Å²) >= 11 is 4.08. The highest BCUT2D eigenvalue weighted by molar-refractivity contribution is 7.79. The van der Waals surface area contributed by atoms with Crippen molar-refractivity contribution in [3.63, 3.8) is 0 Å². The molecule has 0 heterocycles. The monoisotopic (exact) mass is 240 g/mol. The molecule has 0 aliphatic heterocycles. The van der Waals surface area contributed by atoms with Crippen molar-refractivity contribution in [2.75, 3.05) is 0 Å². The van der Waals surface area contributed by atoms with Crippen LogP contribution in [0.1, 0.15) is 5.56 Å². The van der Waals surface area contributed by atoms with Gasteiger partial charge in [0.05, 0.1) is 4.90 Å². The molecule has 0 spiro atoms. The topological polar surface area (TPSA) is 37.3 Å². The Morgan fingerprint density at radius 2 is 2.07 bits per heavy atom. The molecule has 0 bridgehead atoms. The molecule has 0 aliphatic carbocycles. The largest absolute Gasteiger partial charge is 0.302 e. The summed E-state index contributed by atoms with van der Waals surface area (Å²) in [4.78, 5) is 0.435.